The Morgan fingerprint density at radius 1 is 1.20 bits per heavy atom. The van der Waals surface area contributed by atoms with Crippen LogP contribution in [0.5, 0.6) is 0 Å². The molecule has 2 aliphatic carbocycles. The summed E-state index contributed by atoms with van der Waals surface area (Å²) < 4.78 is 30.2. The molecule has 3 nitrogen and oxygen atoms in total. The van der Waals surface area contributed by atoms with Gasteiger partial charge in [-0.2, -0.15) is 0 Å². The fourth-order valence-electron chi connectivity index (χ4n) is 3.86. The number of aromatic nitrogens is 1. The molecule has 1 fully saturated rings. The standard InChI is InChI=1S/C20H22F2N2O/c1-12-14-5-2-3-8-18(14)24(19(12)20(25)23-13-9-10-13)11-15-16(21)6-4-7-17(15)22/h4,6-7,13H,2-3,5,8-11H2,1H3,(H,23,25). The summed E-state index contributed by atoms with van der Waals surface area (Å²) in [5.41, 5.74) is 3.80. The molecule has 4 rings (SSSR count). The van der Waals surface area contributed by atoms with Gasteiger partial charge in [-0.15, -0.1) is 0 Å². The van der Waals surface area contributed by atoms with Gasteiger partial charge in [0.15, 0.2) is 0 Å². The lowest BCUT2D eigenvalue weighted by atomic mass is 9.95. The molecule has 0 unspecified atom stereocenters. The minimum Gasteiger partial charge on any atom is -0.348 e. The number of amides is 1. The Bertz CT molecular complexity index is 816. The van der Waals surface area contributed by atoms with Gasteiger partial charge in [-0.3, -0.25) is 4.79 Å². The van der Waals surface area contributed by atoms with Gasteiger partial charge in [0.25, 0.3) is 5.91 Å². The van der Waals surface area contributed by atoms with E-state index in [1.165, 1.54) is 23.8 Å². The normalized spacial score (nSPS) is 16.6. The van der Waals surface area contributed by atoms with E-state index in [-0.39, 0.29) is 24.1 Å². The van der Waals surface area contributed by atoms with Crippen molar-refractivity contribution in [2.24, 2.45) is 0 Å². The Kier molecular flexibility index (Phi) is 4.10. The SMILES string of the molecule is Cc1c2c(n(Cc3c(F)cccc3F)c1C(=O)NC1CC1)CCCC2. The summed E-state index contributed by atoms with van der Waals surface area (Å²) in [7, 11) is 0. The molecule has 25 heavy (non-hydrogen) atoms. The summed E-state index contributed by atoms with van der Waals surface area (Å²) in [5.74, 6) is -1.25. The number of rotatable bonds is 4. The molecule has 2 aromatic rings. The van der Waals surface area contributed by atoms with Gasteiger partial charge in [0.2, 0.25) is 0 Å². The fraction of sp³-hybridized carbons (Fsp3) is 0.450. The predicted molar refractivity (Wildman–Crippen MR) is 91.8 cm³/mol. The molecule has 1 amide bonds. The summed E-state index contributed by atoms with van der Waals surface area (Å²) in [6, 6.07) is 4.15. The van der Waals surface area contributed by atoms with Gasteiger partial charge in [0.1, 0.15) is 17.3 Å². The topological polar surface area (TPSA) is 34.0 Å². The Morgan fingerprint density at radius 2 is 1.88 bits per heavy atom. The van der Waals surface area contributed by atoms with Gasteiger partial charge in [0.05, 0.1) is 6.54 Å². The van der Waals surface area contributed by atoms with E-state index in [1.807, 2.05) is 11.5 Å². The smallest absolute Gasteiger partial charge is 0.268 e. The van der Waals surface area contributed by atoms with Crippen molar-refractivity contribution in [3.05, 3.63) is 57.9 Å². The molecule has 0 bridgehead atoms. The van der Waals surface area contributed by atoms with Crippen molar-refractivity contribution in [3.8, 4) is 0 Å². The van der Waals surface area contributed by atoms with Crippen LogP contribution in [0.25, 0.3) is 0 Å². The van der Waals surface area contributed by atoms with E-state index < -0.39 is 11.6 Å². The fourth-order valence-corrected chi connectivity index (χ4v) is 3.86. The minimum atomic E-state index is -0.565. The molecule has 1 heterocycles. The van der Waals surface area contributed by atoms with E-state index in [0.29, 0.717) is 5.69 Å². The average Bonchev–Trinajstić information content (AvgIpc) is 3.36. The Balaban J connectivity index is 1.80. The van der Waals surface area contributed by atoms with Crippen LogP contribution in [0.4, 0.5) is 8.78 Å². The number of nitrogens with one attached hydrogen (secondary N) is 1. The first-order chi connectivity index (χ1) is 12.1. The maximum atomic E-state index is 14.2. The lowest BCUT2D eigenvalue weighted by Gasteiger charge is -2.18. The molecule has 0 aliphatic heterocycles. The van der Waals surface area contributed by atoms with E-state index >= 15 is 0 Å². The number of carbonyl (C=O) groups excluding carboxylic acids is 1. The van der Waals surface area contributed by atoms with Crippen LogP contribution in [-0.2, 0) is 19.4 Å². The first-order valence-corrected chi connectivity index (χ1v) is 9.01. The van der Waals surface area contributed by atoms with Crippen LogP contribution in [0.2, 0.25) is 0 Å². The van der Waals surface area contributed by atoms with Gasteiger partial charge in [-0.05, 0) is 68.7 Å². The molecule has 1 aromatic heterocycles. The first-order valence-electron chi connectivity index (χ1n) is 9.01. The third kappa shape index (κ3) is 2.96. The molecule has 1 N–H and O–H groups in total. The van der Waals surface area contributed by atoms with E-state index in [0.717, 1.165) is 49.8 Å². The molecule has 0 spiro atoms. The molecular weight excluding hydrogens is 322 g/mol. The zero-order valence-electron chi connectivity index (χ0n) is 14.4. The van der Waals surface area contributed by atoms with Crippen molar-refractivity contribution in [3.63, 3.8) is 0 Å². The molecular formula is C20H22F2N2O. The highest BCUT2D eigenvalue weighted by Gasteiger charge is 2.30. The molecule has 0 atom stereocenters. The van der Waals surface area contributed by atoms with E-state index in [2.05, 4.69) is 5.32 Å². The van der Waals surface area contributed by atoms with Crippen LogP contribution in [0, 0.1) is 18.6 Å². The largest absolute Gasteiger partial charge is 0.348 e. The second kappa shape index (κ2) is 6.28. The quantitative estimate of drug-likeness (QED) is 0.897. The summed E-state index contributed by atoms with van der Waals surface area (Å²) in [6.45, 7) is 2.02. The van der Waals surface area contributed by atoms with Gasteiger partial charge < -0.3 is 9.88 Å². The second-order valence-corrected chi connectivity index (χ2v) is 7.14. The summed E-state index contributed by atoms with van der Waals surface area (Å²) in [4.78, 5) is 12.8. The third-order valence-corrected chi connectivity index (χ3v) is 5.35. The predicted octanol–water partition coefficient (Wildman–Crippen LogP) is 3.89. The van der Waals surface area contributed by atoms with E-state index in [4.69, 9.17) is 0 Å². The van der Waals surface area contributed by atoms with E-state index in [9.17, 15) is 13.6 Å². The molecule has 1 aromatic carbocycles. The lowest BCUT2D eigenvalue weighted by molar-refractivity contribution is 0.0941. The van der Waals surface area contributed by atoms with Crippen LogP contribution >= 0.6 is 0 Å². The van der Waals surface area contributed by atoms with Crippen molar-refractivity contribution in [1.82, 2.24) is 9.88 Å². The summed E-state index contributed by atoms with van der Waals surface area (Å²) in [5, 5.41) is 3.03. The number of carbonyl (C=O) groups is 1. The summed E-state index contributed by atoms with van der Waals surface area (Å²) in [6.07, 6.45) is 5.93. The molecule has 0 saturated heterocycles. The lowest BCUT2D eigenvalue weighted by Crippen LogP contribution is -2.29. The molecule has 1 saturated carbocycles. The highest BCUT2D eigenvalue weighted by atomic mass is 19.1. The molecule has 5 heteroatoms. The van der Waals surface area contributed by atoms with Crippen LogP contribution in [0.1, 0.15) is 58.6 Å². The third-order valence-electron chi connectivity index (χ3n) is 5.35. The zero-order chi connectivity index (χ0) is 17.6. The number of hydrogen-bond donors (Lipinski definition) is 1. The molecule has 2 aliphatic rings. The number of nitrogens with zero attached hydrogens (tertiary/aromatic N) is 1. The van der Waals surface area contributed by atoms with Crippen LogP contribution < -0.4 is 5.32 Å². The van der Waals surface area contributed by atoms with Gasteiger partial charge in [0, 0.05) is 17.3 Å². The van der Waals surface area contributed by atoms with Crippen molar-refractivity contribution in [1.29, 1.82) is 0 Å². The van der Waals surface area contributed by atoms with Crippen molar-refractivity contribution < 1.29 is 13.6 Å². The van der Waals surface area contributed by atoms with Crippen LogP contribution in [0.3, 0.4) is 0 Å². The van der Waals surface area contributed by atoms with Crippen LogP contribution in [0.15, 0.2) is 18.2 Å². The van der Waals surface area contributed by atoms with Gasteiger partial charge in [-0.25, -0.2) is 8.78 Å². The number of halogens is 2. The van der Waals surface area contributed by atoms with Crippen molar-refractivity contribution in [2.45, 2.75) is 58.0 Å². The van der Waals surface area contributed by atoms with Gasteiger partial charge >= 0.3 is 0 Å². The zero-order valence-corrected chi connectivity index (χ0v) is 14.4. The van der Waals surface area contributed by atoms with Gasteiger partial charge in [-0.1, -0.05) is 6.07 Å². The monoisotopic (exact) mass is 344 g/mol. The Hall–Kier alpha value is -2.17. The van der Waals surface area contributed by atoms with Crippen molar-refractivity contribution in [2.75, 3.05) is 0 Å². The highest BCUT2D eigenvalue weighted by Crippen LogP contribution is 2.32. The summed E-state index contributed by atoms with van der Waals surface area (Å²) >= 11 is 0. The maximum Gasteiger partial charge on any atom is 0.268 e. The maximum absolute atomic E-state index is 14.2. The Labute approximate surface area is 146 Å². The Morgan fingerprint density at radius 3 is 2.56 bits per heavy atom. The minimum absolute atomic E-state index is 0.0198. The molecule has 0 radical (unpaired) electrons. The van der Waals surface area contributed by atoms with Crippen LogP contribution in [-0.4, -0.2) is 16.5 Å². The first kappa shape index (κ1) is 16.3. The van der Waals surface area contributed by atoms with Crippen molar-refractivity contribution >= 4 is 5.91 Å². The number of hydrogen-bond acceptors (Lipinski definition) is 1. The second-order valence-electron chi connectivity index (χ2n) is 7.14. The average molecular weight is 344 g/mol. The number of fused-ring (bicyclic) bond motifs is 1. The number of benzene rings is 1. The highest BCUT2D eigenvalue weighted by molar-refractivity contribution is 5.95. The van der Waals surface area contributed by atoms with E-state index in [1.54, 1.807) is 0 Å². The molecule has 132 valence electrons.